The topological polar surface area (TPSA) is 41.6 Å². The molecule has 4 nitrogen and oxygen atoms in total. The second kappa shape index (κ2) is 5.78. The maximum atomic E-state index is 12.8. The Morgan fingerprint density at radius 2 is 2.05 bits per heavy atom. The smallest absolute Gasteiger partial charge is 0.256 e. The second-order valence-electron chi connectivity index (χ2n) is 6.34. The van der Waals surface area contributed by atoms with Crippen molar-refractivity contribution in [3.8, 4) is 0 Å². The first-order chi connectivity index (χ1) is 10.1. The summed E-state index contributed by atoms with van der Waals surface area (Å²) in [7, 11) is 2.00. The van der Waals surface area contributed by atoms with E-state index in [2.05, 4.69) is 18.3 Å². The number of nitrogens with zero attached hydrogens (tertiary/aromatic N) is 1. The van der Waals surface area contributed by atoms with E-state index in [-0.39, 0.29) is 11.4 Å². The van der Waals surface area contributed by atoms with Gasteiger partial charge in [0.25, 0.3) is 5.91 Å². The van der Waals surface area contributed by atoms with E-state index in [1.54, 1.807) is 0 Å². The van der Waals surface area contributed by atoms with Crippen LogP contribution >= 0.6 is 0 Å². The molecule has 0 bridgehead atoms. The number of likely N-dealkylation sites (tertiary alicyclic amines) is 1. The molecule has 1 aromatic carbocycles. The molecule has 3 rings (SSSR count). The van der Waals surface area contributed by atoms with Crippen molar-refractivity contribution in [2.75, 3.05) is 26.7 Å². The Bertz CT molecular complexity index is 521. The SMILES string of the molecule is CNC1(C)CCN(C(=O)C2OCCc3ccccc32)CC1. The molecular weight excluding hydrogens is 264 g/mol. The number of ether oxygens (including phenoxy) is 1. The highest BCUT2D eigenvalue weighted by atomic mass is 16.5. The molecule has 1 saturated heterocycles. The molecule has 0 spiro atoms. The predicted molar refractivity (Wildman–Crippen MR) is 82.1 cm³/mol. The Kier molecular flexibility index (Phi) is 4.00. The van der Waals surface area contributed by atoms with Gasteiger partial charge in [-0.25, -0.2) is 0 Å². The van der Waals surface area contributed by atoms with Gasteiger partial charge in [-0.1, -0.05) is 24.3 Å². The van der Waals surface area contributed by atoms with E-state index in [1.165, 1.54) is 5.56 Å². The van der Waals surface area contributed by atoms with Crippen LogP contribution < -0.4 is 5.32 Å². The second-order valence-corrected chi connectivity index (χ2v) is 6.34. The molecule has 0 saturated carbocycles. The first-order valence-corrected chi connectivity index (χ1v) is 7.80. The Morgan fingerprint density at radius 3 is 2.76 bits per heavy atom. The van der Waals surface area contributed by atoms with Crippen LogP contribution in [-0.4, -0.2) is 43.1 Å². The van der Waals surface area contributed by atoms with Crippen LogP contribution in [0.2, 0.25) is 0 Å². The number of carbonyl (C=O) groups excluding carboxylic acids is 1. The number of benzene rings is 1. The number of fused-ring (bicyclic) bond motifs is 1. The summed E-state index contributed by atoms with van der Waals surface area (Å²) in [4.78, 5) is 14.8. The predicted octanol–water partition coefficient (Wildman–Crippen LogP) is 1.90. The number of rotatable bonds is 2. The molecule has 21 heavy (non-hydrogen) atoms. The average Bonchev–Trinajstić information content (AvgIpc) is 2.54. The lowest BCUT2D eigenvalue weighted by atomic mass is 9.89. The van der Waals surface area contributed by atoms with E-state index >= 15 is 0 Å². The van der Waals surface area contributed by atoms with Gasteiger partial charge in [0.1, 0.15) is 0 Å². The number of hydrogen-bond acceptors (Lipinski definition) is 3. The minimum Gasteiger partial charge on any atom is -0.363 e. The molecule has 4 heteroatoms. The lowest BCUT2D eigenvalue weighted by Crippen LogP contribution is -2.52. The number of piperidine rings is 1. The third-order valence-corrected chi connectivity index (χ3v) is 5.00. The lowest BCUT2D eigenvalue weighted by molar-refractivity contribution is -0.146. The molecule has 2 aliphatic rings. The van der Waals surface area contributed by atoms with Crippen molar-refractivity contribution in [3.63, 3.8) is 0 Å². The first kappa shape index (κ1) is 14.5. The van der Waals surface area contributed by atoms with E-state index in [0.29, 0.717) is 6.61 Å². The Hall–Kier alpha value is -1.39. The molecule has 1 unspecified atom stereocenters. The van der Waals surface area contributed by atoms with Crippen LogP contribution in [0.5, 0.6) is 0 Å². The summed E-state index contributed by atoms with van der Waals surface area (Å²) in [5.41, 5.74) is 2.46. The summed E-state index contributed by atoms with van der Waals surface area (Å²) in [5, 5.41) is 3.37. The molecule has 0 radical (unpaired) electrons. The van der Waals surface area contributed by atoms with Gasteiger partial charge in [-0.2, -0.15) is 0 Å². The van der Waals surface area contributed by atoms with Crippen molar-refractivity contribution in [1.29, 1.82) is 0 Å². The minimum absolute atomic E-state index is 0.125. The van der Waals surface area contributed by atoms with Gasteiger partial charge in [-0.05, 0) is 44.4 Å². The molecule has 1 N–H and O–H groups in total. The van der Waals surface area contributed by atoms with Crippen molar-refractivity contribution in [2.24, 2.45) is 0 Å². The normalized spacial score (nSPS) is 24.5. The Labute approximate surface area is 126 Å². The van der Waals surface area contributed by atoms with Crippen LogP contribution in [0, 0.1) is 0 Å². The van der Waals surface area contributed by atoms with Crippen LogP contribution in [0.15, 0.2) is 24.3 Å². The van der Waals surface area contributed by atoms with Gasteiger partial charge < -0.3 is 15.0 Å². The molecule has 1 amide bonds. The molecule has 0 aliphatic carbocycles. The maximum Gasteiger partial charge on any atom is 0.256 e. The molecule has 2 heterocycles. The van der Waals surface area contributed by atoms with Gasteiger partial charge >= 0.3 is 0 Å². The quantitative estimate of drug-likeness (QED) is 0.904. The van der Waals surface area contributed by atoms with Crippen LogP contribution in [0.3, 0.4) is 0 Å². The van der Waals surface area contributed by atoms with Gasteiger partial charge in [-0.3, -0.25) is 4.79 Å². The summed E-state index contributed by atoms with van der Waals surface area (Å²) < 4.78 is 5.79. The van der Waals surface area contributed by atoms with Gasteiger partial charge in [0, 0.05) is 18.6 Å². The minimum atomic E-state index is -0.408. The van der Waals surface area contributed by atoms with Gasteiger partial charge in [0.2, 0.25) is 0 Å². The summed E-state index contributed by atoms with van der Waals surface area (Å²) in [6, 6.07) is 8.15. The highest BCUT2D eigenvalue weighted by molar-refractivity contribution is 5.83. The molecule has 114 valence electrons. The molecule has 0 aromatic heterocycles. The molecule has 1 aromatic rings. The van der Waals surface area contributed by atoms with E-state index in [1.807, 2.05) is 30.1 Å². The largest absolute Gasteiger partial charge is 0.363 e. The first-order valence-electron chi connectivity index (χ1n) is 7.80. The van der Waals surface area contributed by atoms with Gasteiger partial charge in [0.15, 0.2) is 6.10 Å². The van der Waals surface area contributed by atoms with E-state index in [9.17, 15) is 4.79 Å². The standard InChI is InChI=1S/C17H24N2O2/c1-17(18-2)8-10-19(11-9-17)16(20)15-14-6-4-3-5-13(14)7-12-21-15/h3-6,15,18H,7-12H2,1-2H3. The van der Waals surface area contributed by atoms with E-state index in [0.717, 1.165) is 37.9 Å². The van der Waals surface area contributed by atoms with Crippen LogP contribution in [0.4, 0.5) is 0 Å². The van der Waals surface area contributed by atoms with Gasteiger partial charge in [0.05, 0.1) is 6.61 Å². The fraction of sp³-hybridized carbons (Fsp3) is 0.588. The van der Waals surface area contributed by atoms with E-state index < -0.39 is 6.10 Å². The Balaban J connectivity index is 1.73. The van der Waals surface area contributed by atoms with Crippen molar-refractivity contribution in [1.82, 2.24) is 10.2 Å². The maximum absolute atomic E-state index is 12.8. The van der Waals surface area contributed by atoms with Crippen LogP contribution in [0.25, 0.3) is 0 Å². The zero-order valence-electron chi connectivity index (χ0n) is 12.9. The average molecular weight is 288 g/mol. The number of amides is 1. The van der Waals surface area contributed by atoms with E-state index in [4.69, 9.17) is 4.74 Å². The summed E-state index contributed by atoms with van der Waals surface area (Å²) >= 11 is 0. The fourth-order valence-electron chi connectivity index (χ4n) is 3.23. The zero-order valence-corrected chi connectivity index (χ0v) is 12.9. The lowest BCUT2D eigenvalue weighted by Gasteiger charge is -2.40. The molecular formula is C17H24N2O2. The number of nitrogens with one attached hydrogen (secondary N) is 1. The Morgan fingerprint density at radius 1 is 1.33 bits per heavy atom. The van der Waals surface area contributed by atoms with Crippen molar-refractivity contribution >= 4 is 5.91 Å². The van der Waals surface area contributed by atoms with Crippen LogP contribution in [-0.2, 0) is 16.0 Å². The van der Waals surface area contributed by atoms with Crippen LogP contribution in [0.1, 0.15) is 37.0 Å². The molecule has 2 aliphatic heterocycles. The molecule has 1 atom stereocenters. The third-order valence-electron chi connectivity index (χ3n) is 5.00. The zero-order chi connectivity index (χ0) is 14.9. The highest BCUT2D eigenvalue weighted by Gasteiger charge is 2.35. The summed E-state index contributed by atoms with van der Waals surface area (Å²) in [6.45, 7) is 4.47. The van der Waals surface area contributed by atoms with Crippen molar-refractivity contribution in [2.45, 2.75) is 37.8 Å². The van der Waals surface area contributed by atoms with Crippen molar-refractivity contribution in [3.05, 3.63) is 35.4 Å². The highest BCUT2D eigenvalue weighted by Crippen LogP contribution is 2.30. The van der Waals surface area contributed by atoms with Crippen molar-refractivity contribution < 1.29 is 9.53 Å². The molecule has 1 fully saturated rings. The summed E-state index contributed by atoms with van der Waals surface area (Å²) in [6.07, 6.45) is 2.47. The number of hydrogen-bond donors (Lipinski definition) is 1. The monoisotopic (exact) mass is 288 g/mol. The fourth-order valence-corrected chi connectivity index (χ4v) is 3.23. The van der Waals surface area contributed by atoms with Gasteiger partial charge in [-0.15, -0.1) is 0 Å². The number of carbonyl (C=O) groups is 1. The summed E-state index contributed by atoms with van der Waals surface area (Å²) in [5.74, 6) is 0.125. The third kappa shape index (κ3) is 2.83.